The summed E-state index contributed by atoms with van der Waals surface area (Å²) in [5.41, 5.74) is 0.588. The Balaban J connectivity index is 0.000000186. The summed E-state index contributed by atoms with van der Waals surface area (Å²) in [6, 6.07) is 5.04. The largest absolute Gasteiger partial charge is 0.508 e. The summed E-state index contributed by atoms with van der Waals surface area (Å²) in [6.07, 6.45) is 5.78. The Hall–Kier alpha value is -1.81. The lowest BCUT2D eigenvalue weighted by atomic mass is 10.1. The van der Waals surface area contributed by atoms with Crippen molar-refractivity contribution in [2.45, 2.75) is 26.2 Å². The van der Waals surface area contributed by atoms with Gasteiger partial charge in [0, 0.05) is 11.6 Å². The number of hydrogen-bond donors (Lipinski definition) is 3. The summed E-state index contributed by atoms with van der Waals surface area (Å²) in [5.74, 6) is 0.220. The molecule has 0 spiro atoms. The van der Waals surface area contributed by atoms with E-state index in [1.807, 2.05) is 0 Å². The third-order valence-corrected chi connectivity index (χ3v) is 3.30. The van der Waals surface area contributed by atoms with Crippen LogP contribution in [-0.2, 0) is 0 Å². The zero-order valence-corrected chi connectivity index (χ0v) is 11.2. The second-order valence-corrected chi connectivity index (χ2v) is 4.84. The van der Waals surface area contributed by atoms with Crippen LogP contribution in [-0.4, -0.2) is 23.2 Å². The SMILES string of the molecule is C1CCNCC1.Cc1cc2c(=O)[nH]ccc2cc1O. The second-order valence-electron chi connectivity index (χ2n) is 4.84. The molecule has 0 atom stereocenters. The molecule has 0 radical (unpaired) electrons. The van der Waals surface area contributed by atoms with Crippen LogP contribution < -0.4 is 10.9 Å². The number of fused-ring (bicyclic) bond motifs is 1. The first-order valence-electron chi connectivity index (χ1n) is 6.70. The van der Waals surface area contributed by atoms with Gasteiger partial charge in [-0.25, -0.2) is 0 Å². The number of aromatic hydroxyl groups is 1. The number of phenolic OH excluding ortho intramolecular Hbond substituents is 1. The molecule has 4 nitrogen and oxygen atoms in total. The van der Waals surface area contributed by atoms with Gasteiger partial charge in [0.15, 0.2) is 0 Å². The Kier molecular flexibility index (Phi) is 4.58. The summed E-state index contributed by atoms with van der Waals surface area (Å²) in [5, 5.41) is 14.0. The van der Waals surface area contributed by atoms with E-state index in [2.05, 4.69) is 10.3 Å². The Morgan fingerprint density at radius 2 is 1.89 bits per heavy atom. The van der Waals surface area contributed by atoms with Crippen molar-refractivity contribution in [3.63, 3.8) is 0 Å². The van der Waals surface area contributed by atoms with Crippen LogP contribution in [0.3, 0.4) is 0 Å². The summed E-state index contributed by atoms with van der Waals surface area (Å²) in [4.78, 5) is 13.9. The third kappa shape index (κ3) is 3.58. The fraction of sp³-hybridized carbons (Fsp3) is 0.400. The van der Waals surface area contributed by atoms with Crippen LogP contribution in [0, 0.1) is 6.92 Å². The Labute approximate surface area is 112 Å². The highest BCUT2D eigenvalue weighted by atomic mass is 16.3. The average Bonchev–Trinajstić information content (AvgIpc) is 2.44. The van der Waals surface area contributed by atoms with Gasteiger partial charge in [-0.3, -0.25) is 4.79 Å². The highest BCUT2D eigenvalue weighted by Gasteiger charge is 2.01. The van der Waals surface area contributed by atoms with E-state index in [9.17, 15) is 9.90 Å². The number of phenols is 1. The van der Waals surface area contributed by atoms with Crippen LogP contribution >= 0.6 is 0 Å². The van der Waals surface area contributed by atoms with Gasteiger partial charge in [0.05, 0.1) is 0 Å². The van der Waals surface area contributed by atoms with Gasteiger partial charge in [-0.2, -0.15) is 0 Å². The molecule has 0 unspecified atom stereocenters. The van der Waals surface area contributed by atoms with Gasteiger partial charge in [0.1, 0.15) is 5.75 Å². The van der Waals surface area contributed by atoms with E-state index in [1.54, 1.807) is 31.3 Å². The molecule has 102 valence electrons. The lowest BCUT2D eigenvalue weighted by Crippen LogP contribution is -2.21. The van der Waals surface area contributed by atoms with E-state index in [-0.39, 0.29) is 11.3 Å². The molecule has 3 rings (SSSR count). The van der Waals surface area contributed by atoms with Crippen molar-refractivity contribution in [2.75, 3.05) is 13.1 Å². The molecule has 0 bridgehead atoms. The number of benzene rings is 1. The first kappa shape index (κ1) is 13.6. The molecule has 1 aromatic heterocycles. The summed E-state index contributed by atoms with van der Waals surface area (Å²) in [7, 11) is 0. The first-order chi connectivity index (χ1) is 9.18. The standard InChI is InChI=1S/C10H9NO2.C5H11N/c1-6-4-8-7(5-9(6)12)2-3-11-10(8)13;1-2-4-6-5-3-1/h2-5,12H,1H3,(H,11,13);6H,1-5H2. The maximum absolute atomic E-state index is 11.3. The summed E-state index contributed by atoms with van der Waals surface area (Å²) in [6.45, 7) is 4.27. The third-order valence-electron chi connectivity index (χ3n) is 3.30. The number of nitrogens with one attached hydrogen (secondary N) is 2. The normalized spacial score (nSPS) is 14.8. The predicted molar refractivity (Wildman–Crippen MR) is 77.7 cm³/mol. The van der Waals surface area contributed by atoms with Crippen molar-refractivity contribution in [1.29, 1.82) is 0 Å². The molecule has 1 saturated heterocycles. The Bertz CT molecular complexity index is 589. The van der Waals surface area contributed by atoms with Crippen molar-refractivity contribution in [3.8, 4) is 5.75 Å². The van der Waals surface area contributed by atoms with Crippen LogP contribution in [0.4, 0.5) is 0 Å². The molecule has 0 amide bonds. The highest BCUT2D eigenvalue weighted by molar-refractivity contribution is 5.83. The predicted octanol–water partition coefficient (Wildman–Crippen LogP) is 2.30. The molecule has 0 aliphatic carbocycles. The Morgan fingerprint density at radius 1 is 1.16 bits per heavy atom. The molecule has 4 heteroatoms. The van der Waals surface area contributed by atoms with Crippen LogP contribution in [0.5, 0.6) is 5.75 Å². The van der Waals surface area contributed by atoms with E-state index in [0.29, 0.717) is 10.9 Å². The number of hydrogen-bond acceptors (Lipinski definition) is 3. The van der Waals surface area contributed by atoms with Crippen molar-refractivity contribution in [1.82, 2.24) is 10.3 Å². The monoisotopic (exact) mass is 260 g/mol. The molecule has 19 heavy (non-hydrogen) atoms. The van der Waals surface area contributed by atoms with Gasteiger partial charge in [0.25, 0.3) is 5.56 Å². The number of aromatic amines is 1. The lowest BCUT2D eigenvalue weighted by molar-refractivity contribution is 0.472. The van der Waals surface area contributed by atoms with E-state index in [4.69, 9.17) is 0 Å². The van der Waals surface area contributed by atoms with Gasteiger partial charge in [-0.05, 0) is 62.0 Å². The zero-order chi connectivity index (χ0) is 13.7. The van der Waals surface area contributed by atoms with Crippen molar-refractivity contribution < 1.29 is 5.11 Å². The van der Waals surface area contributed by atoms with E-state index < -0.39 is 0 Å². The lowest BCUT2D eigenvalue weighted by Gasteiger charge is -2.08. The number of aryl methyl sites for hydroxylation is 1. The number of pyridine rings is 1. The molecule has 2 aromatic rings. The zero-order valence-electron chi connectivity index (χ0n) is 11.2. The molecular weight excluding hydrogens is 240 g/mol. The Morgan fingerprint density at radius 3 is 2.47 bits per heavy atom. The molecule has 1 fully saturated rings. The van der Waals surface area contributed by atoms with Gasteiger partial charge >= 0.3 is 0 Å². The average molecular weight is 260 g/mol. The smallest absolute Gasteiger partial charge is 0.255 e. The van der Waals surface area contributed by atoms with E-state index in [0.717, 1.165) is 5.39 Å². The van der Waals surface area contributed by atoms with Crippen molar-refractivity contribution in [2.24, 2.45) is 0 Å². The molecule has 1 aromatic carbocycles. The van der Waals surface area contributed by atoms with Gasteiger partial charge in [-0.1, -0.05) is 6.42 Å². The van der Waals surface area contributed by atoms with Crippen LogP contribution in [0.2, 0.25) is 0 Å². The molecule has 1 aliphatic heterocycles. The fourth-order valence-corrected chi connectivity index (χ4v) is 2.13. The highest BCUT2D eigenvalue weighted by Crippen LogP contribution is 2.21. The molecule has 0 saturated carbocycles. The maximum atomic E-state index is 11.3. The van der Waals surface area contributed by atoms with E-state index >= 15 is 0 Å². The minimum Gasteiger partial charge on any atom is -0.508 e. The number of rotatable bonds is 0. The summed E-state index contributed by atoms with van der Waals surface area (Å²) < 4.78 is 0. The minimum atomic E-state index is -0.124. The van der Waals surface area contributed by atoms with Gasteiger partial charge in [-0.15, -0.1) is 0 Å². The topological polar surface area (TPSA) is 65.1 Å². The first-order valence-corrected chi connectivity index (χ1v) is 6.70. The molecule has 3 N–H and O–H groups in total. The van der Waals surface area contributed by atoms with Crippen molar-refractivity contribution in [3.05, 3.63) is 40.3 Å². The van der Waals surface area contributed by atoms with Crippen molar-refractivity contribution >= 4 is 10.8 Å². The minimum absolute atomic E-state index is 0.124. The number of aromatic nitrogens is 1. The van der Waals surface area contributed by atoms with Crippen LogP contribution in [0.1, 0.15) is 24.8 Å². The number of H-pyrrole nitrogens is 1. The van der Waals surface area contributed by atoms with Gasteiger partial charge < -0.3 is 15.4 Å². The maximum Gasteiger partial charge on any atom is 0.255 e. The van der Waals surface area contributed by atoms with E-state index in [1.165, 1.54) is 32.4 Å². The molecule has 2 heterocycles. The summed E-state index contributed by atoms with van der Waals surface area (Å²) >= 11 is 0. The van der Waals surface area contributed by atoms with Crippen LogP contribution in [0.15, 0.2) is 29.2 Å². The quantitative estimate of drug-likeness (QED) is 0.681. The van der Waals surface area contributed by atoms with Crippen LogP contribution in [0.25, 0.3) is 10.8 Å². The fourth-order valence-electron chi connectivity index (χ4n) is 2.13. The van der Waals surface area contributed by atoms with Gasteiger partial charge in [0.2, 0.25) is 0 Å². The second kappa shape index (κ2) is 6.38. The molecule has 1 aliphatic rings. The molecular formula is C15H20N2O2. The number of piperidine rings is 1.